The summed E-state index contributed by atoms with van der Waals surface area (Å²) in [7, 11) is 1.99. The van der Waals surface area contributed by atoms with E-state index in [2.05, 4.69) is 67.2 Å². The zero-order valence-corrected chi connectivity index (χ0v) is 23.3. The second-order valence-electron chi connectivity index (χ2n) is 7.07. The second-order valence-corrected chi connectivity index (χ2v) is 8.78. The molecule has 0 saturated heterocycles. The summed E-state index contributed by atoms with van der Waals surface area (Å²) < 4.78 is 2.04. The molecular formula is C27H20Br2IrN3. The molecule has 1 aliphatic heterocycles. The van der Waals surface area contributed by atoms with Crippen LogP contribution in [0.1, 0.15) is 0 Å². The van der Waals surface area contributed by atoms with E-state index in [1.807, 2.05) is 103 Å². The molecule has 0 spiro atoms. The fourth-order valence-corrected chi connectivity index (χ4v) is 3.65. The van der Waals surface area contributed by atoms with Crippen molar-refractivity contribution >= 4 is 37.5 Å². The maximum absolute atomic E-state index is 4.49. The topological polar surface area (TPSA) is 19.4 Å². The van der Waals surface area contributed by atoms with E-state index in [1.165, 1.54) is 5.56 Å². The molecule has 1 aromatic heterocycles. The molecule has 3 nitrogen and oxygen atoms in total. The molecule has 0 fully saturated rings. The average molecular weight is 739 g/mol. The van der Waals surface area contributed by atoms with Crippen molar-refractivity contribution in [1.29, 1.82) is 0 Å². The molecule has 6 heteroatoms. The zero-order chi connectivity index (χ0) is 22.3. The molecule has 33 heavy (non-hydrogen) atoms. The number of halogens is 2. The van der Waals surface area contributed by atoms with Gasteiger partial charge in [-0.25, -0.2) is 0 Å². The Balaban J connectivity index is 0.000000186. The molecule has 0 amide bonds. The minimum absolute atomic E-state index is 0. The molecule has 166 valence electrons. The summed E-state index contributed by atoms with van der Waals surface area (Å²) in [6.45, 7) is 1.99. The predicted molar refractivity (Wildman–Crippen MR) is 138 cm³/mol. The Kier molecular flexibility index (Phi) is 9.45. The molecule has 0 bridgehead atoms. The summed E-state index contributed by atoms with van der Waals surface area (Å²) in [5.41, 5.74) is 5.32. The van der Waals surface area contributed by atoms with Crippen LogP contribution in [0.4, 0.5) is 5.69 Å². The smallest absolute Gasteiger partial charge is 0.510 e. The number of pyridine rings is 1. The molecule has 4 aromatic rings. The van der Waals surface area contributed by atoms with E-state index in [4.69, 9.17) is 0 Å². The minimum atomic E-state index is 0. The first kappa shape index (κ1) is 25.4. The Morgan fingerprint density at radius 1 is 0.848 bits per heavy atom. The van der Waals surface area contributed by atoms with Crippen LogP contribution in [0.3, 0.4) is 0 Å². The fraction of sp³-hybridized carbons (Fsp3) is 0.0370. The van der Waals surface area contributed by atoms with Gasteiger partial charge in [0.25, 0.3) is 0 Å². The molecule has 0 saturated carbocycles. The van der Waals surface area contributed by atoms with E-state index in [1.54, 1.807) is 0 Å². The number of rotatable bonds is 3. The maximum Gasteiger partial charge on any atom is 3.00 e. The van der Waals surface area contributed by atoms with Gasteiger partial charge in [0.2, 0.25) is 0 Å². The van der Waals surface area contributed by atoms with Gasteiger partial charge >= 0.3 is 20.1 Å². The molecule has 0 radical (unpaired) electrons. The molecule has 0 N–H and O–H groups in total. The Hall–Kier alpha value is -2.24. The molecule has 5 rings (SSSR count). The Morgan fingerprint density at radius 3 is 2.24 bits per heavy atom. The Labute approximate surface area is 225 Å². The first-order valence-electron chi connectivity index (χ1n) is 9.99. The maximum atomic E-state index is 4.49. The largest absolute Gasteiger partial charge is 3.00 e. The number of benzene rings is 3. The molecular weight excluding hydrogens is 718 g/mol. The van der Waals surface area contributed by atoms with Crippen LogP contribution < -0.4 is 4.90 Å². The number of nitrogens with zero attached hydrogens (tertiary/aromatic N) is 3. The summed E-state index contributed by atoms with van der Waals surface area (Å²) in [5.74, 6) is 0. The average Bonchev–Trinajstić information content (AvgIpc) is 3.29. The van der Waals surface area contributed by atoms with Crippen molar-refractivity contribution < 1.29 is 20.1 Å². The van der Waals surface area contributed by atoms with E-state index in [-0.39, 0.29) is 20.1 Å². The van der Waals surface area contributed by atoms with Gasteiger partial charge in [-0.3, -0.25) is 0 Å². The van der Waals surface area contributed by atoms with Gasteiger partial charge in [0.05, 0.1) is 0 Å². The van der Waals surface area contributed by atoms with Crippen LogP contribution in [0, 0.1) is 18.8 Å². The zero-order valence-electron chi connectivity index (χ0n) is 17.7. The van der Waals surface area contributed by atoms with E-state index >= 15 is 0 Å². The summed E-state index contributed by atoms with van der Waals surface area (Å²) in [6, 6.07) is 32.6. The van der Waals surface area contributed by atoms with Crippen LogP contribution in [0.25, 0.3) is 22.4 Å². The third kappa shape index (κ3) is 6.87. The van der Waals surface area contributed by atoms with Crippen LogP contribution in [-0.4, -0.2) is 16.9 Å². The van der Waals surface area contributed by atoms with Gasteiger partial charge in [-0.05, 0) is 36.3 Å². The summed E-state index contributed by atoms with van der Waals surface area (Å²) in [5, 5.41) is 0. The van der Waals surface area contributed by atoms with Crippen molar-refractivity contribution in [3.63, 3.8) is 0 Å². The standard InChI is InChI=1S/C17H12N.C10H8Br2N2.Ir/c1-3-7-14(8-4-1)16-11-12-17(18-13-16)15-9-5-2-6-10-15;1-13-4-5-14(7-13)8-2-3-9(11)10(12)6-8;/h1-9,11-13H;3-7H,1H3;/q-1;-2;+3. The number of hydrogen-bond acceptors (Lipinski definition) is 3. The van der Waals surface area contributed by atoms with Gasteiger partial charge in [0, 0.05) is 6.20 Å². The molecule has 2 heterocycles. The van der Waals surface area contributed by atoms with E-state index in [9.17, 15) is 0 Å². The number of aromatic nitrogens is 1. The first-order chi connectivity index (χ1) is 15.6. The van der Waals surface area contributed by atoms with E-state index in [0.717, 1.165) is 31.5 Å². The van der Waals surface area contributed by atoms with Crippen LogP contribution in [0.5, 0.6) is 0 Å². The van der Waals surface area contributed by atoms with Crippen molar-refractivity contribution in [1.82, 2.24) is 9.88 Å². The van der Waals surface area contributed by atoms with Crippen LogP contribution in [0.15, 0.2) is 106 Å². The summed E-state index contributed by atoms with van der Waals surface area (Å²) in [4.78, 5) is 8.50. The second kappa shape index (κ2) is 12.3. The SMILES string of the molecule is CN1C=CN(c2[c-]cc(Br)c(Br)c2)[CH-]1.[Ir+3].[c-]1ccccc1-c1ccc(-c2ccccc2)cn1. The summed E-state index contributed by atoms with van der Waals surface area (Å²) >= 11 is 6.88. The Bertz CT molecular complexity index is 1120. The van der Waals surface area contributed by atoms with Crippen molar-refractivity contribution in [3.8, 4) is 22.4 Å². The van der Waals surface area contributed by atoms with Gasteiger partial charge in [-0.2, -0.15) is 18.8 Å². The quantitative estimate of drug-likeness (QED) is 0.203. The fourth-order valence-electron chi connectivity index (χ4n) is 3.09. The van der Waals surface area contributed by atoms with Crippen molar-refractivity contribution in [2.75, 3.05) is 11.9 Å². The first-order valence-corrected chi connectivity index (χ1v) is 11.6. The minimum Gasteiger partial charge on any atom is -0.510 e. The summed E-state index contributed by atoms with van der Waals surface area (Å²) in [6.07, 6.45) is 5.89. The monoisotopic (exact) mass is 737 g/mol. The molecule has 0 unspecified atom stereocenters. The number of hydrogen-bond donors (Lipinski definition) is 0. The van der Waals surface area contributed by atoms with Gasteiger partial charge in [0.1, 0.15) is 0 Å². The van der Waals surface area contributed by atoms with Crippen LogP contribution >= 0.6 is 31.9 Å². The third-order valence-corrected chi connectivity index (χ3v) is 6.59. The van der Waals surface area contributed by atoms with Crippen LogP contribution in [-0.2, 0) is 20.1 Å². The Morgan fingerprint density at radius 2 is 1.64 bits per heavy atom. The normalized spacial score (nSPS) is 12.1. The predicted octanol–water partition coefficient (Wildman–Crippen LogP) is 7.57. The van der Waals surface area contributed by atoms with Crippen LogP contribution in [0.2, 0.25) is 0 Å². The third-order valence-electron chi connectivity index (χ3n) is 4.74. The van der Waals surface area contributed by atoms with E-state index in [0.29, 0.717) is 0 Å². The molecule has 1 aliphatic rings. The van der Waals surface area contributed by atoms with Gasteiger partial charge in [-0.1, -0.05) is 67.3 Å². The molecule has 0 atom stereocenters. The van der Waals surface area contributed by atoms with Crippen molar-refractivity contribution in [3.05, 3.63) is 125 Å². The van der Waals surface area contributed by atoms with E-state index < -0.39 is 0 Å². The van der Waals surface area contributed by atoms with Crippen molar-refractivity contribution in [2.45, 2.75) is 0 Å². The molecule has 3 aromatic carbocycles. The number of anilines is 1. The van der Waals surface area contributed by atoms with Gasteiger partial charge < -0.3 is 14.8 Å². The van der Waals surface area contributed by atoms with Crippen molar-refractivity contribution in [2.24, 2.45) is 0 Å². The van der Waals surface area contributed by atoms with Gasteiger partial charge in [0.15, 0.2) is 0 Å². The van der Waals surface area contributed by atoms with Gasteiger partial charge in [-0.15, -0.1) is 63.6 Å². The molecule has 0 aliphatic carbocycles.